The van der Waals surface area contributed by atoms with Crippen LogP contribution in [0.1, 0.15) is 40.0 Å². The van der Waals surface area contributed by atoms with Crippen LogP contribution in [0.2, 0.25) is 0 Å². The molecule has 0 aromatic heterocycles. The number of ether oxygens (including phenoxy) is 1. The number of nitrogens with zero attached hydrogens (tertiary/aromatic N) is 2. The van der Waals surface area contributed by atoms with Crippen LogP contribution in [0, 0.1) is 0 Å². The summed E-state index contributed by atoms with van der Waals surface area (Å²) in [6, 6.07) is 0.295. The van der Waals surface area contributed by atoms with Crippen LogP contribution in [0.15, 0.2) is 0 Å². The van der Waals surface area contributed by atoms with Crippen LogP contribution >= 0.6 is 0 Å². The second-order valence-electron chi connectivity index (χ2n) is 6.31. The fourth-order valence-electron chi connectivity index (χ4n) is 2.33. The first-order chi connectivity index (χ1) is 8.83. The van der Waals surface area contributed by atoms with Crippen molar-refractivity contribution in [3.05, 3.63) is 0 Å². The van der Waals surface area contributed by atoms with E-state index in [4.69, 9.17) is 10.5 Å². The molecule has 2 N–H and O–H groups in total. The van der Waals surface area contributed by atoms with E-state index in [9.17, 15) is 4.79 Å². The Balaban J connectivity index is 2.36. The Morgan fingerprint density at radius 3 is 2.42 bits per heavy atom. The van der Waals surface area contributed by atoms with E-state index in [1.807, 2.05) is 27.8 Å². The number of piperidine rings is 1. The van der Waals surface area contributed by atoms with Gasteiger partial charge in [-0.15, -0.1) is 0 Å². The molecule has 112 valence electrons. The molecule has 0 saturated carbocycles. The number of hydrogen-bond acceptors (Lipinski definition) is 4. The van der Waals surface area contributed by atoms with Crippen LogP contribution in [0.4, 0.5) is 4.79 Å². The van der Waals surface area contributed by atoms with E-state index in [2.05, 4.69) is 4.90 Å². The number of likely N-dealkylation sites (tertiary alicyclic amines) is 1. The first-order valence-electron chi connectivity index (χ1n) is 7.21. The standard InChI is InChI=1S/C14H29N3O2/c1-14(2,3)19-13(18)16(4)12-6-10-17(11-7-12)9-5-8-15/h12H,5-11,15H2,1-4H3. The highest BCUT2D eigenvalue weighted by Crippen LogP contribution is 2.18. The molecule has 0 aromatic carbocycles. The van der Waals surface area contributed by atoms with Crippen molar-refractivity contribution in [1.82, 2.24) is 9.80 Å². The van der Waals surface area contributed by atoms with Crippen LogP contribution in [0.5, 0.6) is 0 Å². The summed E-state index contributed by atoms with van der Waals surface area (Å²) in [5.41, 5.74) is 5.10. The molecule has 0 radical (unpaired) electrons. The normalized spacial score (nSPS) is 18.4. The molecule has 1 heterocycles. The predicted octanol–water partition coefficient (Wildman–Crippen LogP) is 1.67. The molecule has 0 spiro atoms. The van der Waals surface area contributed by atoms with Gasteiger partial charge in [-0.3, -0.25) is 0 Å². The third-order valence-electron chi connectivity index (χ3n) is 3.46. The zero-order valence-electron chi connectivity index (χ0n) is 12.8. The minimum absolute atomic E-state index is 0.215. The highest BCUT2D eigenvalue weighted by molar-refractivity contribution is 5.68. The topological polar surface area (TPSA) is 58.8 Å². The van der Waals surface area contributed by atoms with Crippen LogP contribution in [-0.4, -0.2) is 60.8 Å². The number of amides is 1. The number of nitrogens with two attached hydrogens (primary N) is 1. The molecule has 1 rings (SSSR count). The Bertz CT molecular complexity index is 281. The van der Waals surface area contributed by atoms with Gasteiger partial charge in [-0.1, -0.05) is 0 Å². The lowest BCUT2D eigenvalue weighted by Gasteiger charge is -2.37. The summed E-state index contributed by atoms with van der Waals surface area (Å²) >= 11 is 0. The molecule has 1 saturated heterocycles. The fourth-order valence-corrected chi connectivity index (χ4v) is 2.33. The van der Waals surface area contributed by atoms with Gasteiger partial charge >= 0.3 is 6.09 Å². The summed E-state index contributed by atoms with van der Waals surface area (Å²) < 4.78 is 5.40. The molecule has 0 unspecified atom stereocenters. The molecule has 1 amide bonds. The van der Waals surface area contributed by atoms with Gasteiger partial charge < -0.3 is 20.3 Å². The average molecular weight is 271 g/mol. The maximum atomic E-state index is 12.0. The number of carbonyl (C=O) groups is 1. The maximum Gasteiger partial charge on any atom is 0.410 e. The van der Waals surface area contributed by atoms with Gasteiger partial charge in [0.15, 0.2) is 0 Å². The molecule has 1 aliphatic heterocycles. The van der Waals surface area contributed by atoms with Crippen molar-refractivity contribution in [3.63, 3.8) is 0 Å². The van der Waals surface area contributed by atoms with E-state index >= 15 is 0 Å². The molecular formula is C14H29N3O2. The highest BCUT2D eigenvalue weighted by Gasteiger charge is 2.28. The minimum Gasteiger partial charge on any atom is -0.444 e. The van der Waals surface area contributed by atoms with Gasteiger partial charge in [-0.2, -0.15) is 0 Å². The minimum atomic E-state index is -0.423. The number of carbonyl (C=O) groups excluding carboxylic acids is 1. The van der Waals surface area contributed by atoms with E-state index in [0.717, 1.165) is 45.4 Å². The van der Waals surface area contributed by atoms with Crippen LogP contribution in [0.25, 0.3) is 0 Å². The maximum absolute atomic E-state index is 12.0. The highest BCUT2D eigenvalue weighted by atomic mass is 16.6. The monoisotopic (exact) mass is 271 g/mol. The second kappa shape index (κ2) is 7.10. The third kappa shape index (κ3) is 5.78. The zero-order chi connectivity index (χ0) is 14.5. The SMILES string of the molecule is CN(C(=O)OC(C)(C)C)C1CCN(CCCN)CC1. The van der Waals surface area contributed by atoms with Crippen molar-refractivity contribution < 1.29 is 9.53 Å². The lowest BCUT2D eigenvalue weighted by molar-refractivity contribution is 0.0152. The third-order valence-corrected chi connectivity index (χ3v) is 3.46. The molecule has 5 heteroatoms. The molecule has 0 bridgehead atoms. The van der Waals surface area contributed by atoms with Gasteiger partial charge in [0, 0.05) is 26.2 Å². The molecular weight excluding hydrogens is 242 g/mol. The lowest BCUT2D eigenvalue weighted by atomic mass is 10.0. The Labute approximate surface area is 117 Å². The Morgan fingerprint density at radius 1 is 1.37 bits per heavy atom. The summed E-state index contributed by atoms with van der Waals surface area (Å²) in [5.74, 6) is 0. The molecule has 0 atom stereocenters. The van der Waals surface area contributed by atoms with Crippen molar-refractivity contribution in [2.75, 3.05) is 33.2 Å². The summed E-state index contributed by atoms with van der Waals surface area (Å²) in [6.45, 7) is 9.59. The van der Waals surface area contributed by atoms with Crippen LogP contribution in [-0.2, 0) is 4.74 Å². The summed E-state index contributed by atoms with van der Waals surface area (Å²) in [6.07, 6.45) is 2.86. The number of hydrogen-bond donors (Lipinski definition) is 1. The average Bonchev–Trinajstić information content (AvgIpc) is 2.34. The quantitative estimate of drug-likeness (QED) is 0.845. The first-order valence-corrected chi connectivity index (χ1v) is 7.21. The summed E-state index contributed by atoms with van der Waals surface area (Å²) in [7, 11) is 1.84. The molecule has 0 aliphatic carbocycles. The summed E-state index contributed by atoms with van der Waals surface area (Å²) in [5, 5.41) is 0. The van der Waals surface area contributed by atoms with Gasteiger partial charge in [0.2, 0.25) is 0 Å². The zero-order valence-corrected chi connectivity index (χ0v) is 12.8. The molecule has 1 fully saturated rings. The number of rotatable bonds is 4. The molecule has 5 nitrogen and oxygen atoms in total. The van der Waals surface area contributed by atoms with E-state index in [1.165, 1.54) is 0 Å². The largest absolute Gasteiger partial charge is 0.444 e. The summed E-state index contributed by atoms with van der Waals surface area (Å²) in [4.78, 5) is 16.2. The molecule has 0 aromatic rings. The fraction of sp³-hybridized carbons (Fsp3) is 0.929. The van der Waals surface area contributed by atoms with Gasteiger partial charge in [0.1, 0.15) is 5.60 Å². The Hall–Kier alpha value is -0.810. The van der Waals surface area contributed by atoms with Crippen molar-refractivity contribution in [2.24, 2.45) is 5.73 Å². The van der Waals surface area contributed by atoms with Crippen molar-refractivity contribution in [2.45, 2.75) is 51.7 Å². The van der Waals surface area contributed by atoms with Gasteiger partial charge in [-0.05, 0) is 53.1 Å². The van der Waals surface area contributed by atoms with Crippen LogP contribution in [0.3, 0.4) is 0 Å². The van der Waals surface area contributed by atoms with Crippen molar-refractivity contribution in [1.29, 1.82) is 0 Å². The lowest BCUT2D eigenvalue weighted by Crippen LogP contribution is -2.47. The van der Waals surface area contributed by atoms with Gasteiger partial charge in [0.25, 0.3) is 0 Å². The van der Waals surface area contributed by atoms with Crippen molar-refractivity contribution in [3.8, 4) is 0 Å². The van der Waals surface area contributed by atoms with Gasteiger partial charge in [0.05, 0.1) is 0 Å². The molecule has 1 aliphatic rings. The van der Waals surface area contributed by atoms with Crippen LogP contribution < -0.4 is 5.73 Å². The van der Waals surface area contributed by atoms with E-state index in [0.29, 0.717) is 6.04 Å². The van der Waals surface area contributed by atoms with Gasteiger partial charge in [-0.25, -0.2) is 4.79 Å². The van der Waals surface area contributed by atoms with E-state index < -0.39 is 5.60 Å². The smallest absolute Gasteiger partial charge is 0.410 e. The van der Waals surface area contributed by atoms with E-state index in [1.54, 1.807) is 4.90 Å². The predicted molar refractivity (Wildman–Crippen MR) is 77.1 cm³/mol. The second-order valence-corrected chi connectivity index (χ2v) is 6.31. The molecule has 19 heavy (non-hydrogen) atoms. The Kier molecular flexibility index (Phi) is 6.07. The first kappa shape index (κ1) is 16.2. The van der Waals surface area contributed by atoms with Crippen molar-refractivity contribution >= 4 is 6.09 Å². The Morgan fingerprint density at radius 2 is 1.95 bits per heavy atom. The van der Waals surface area contributed by atoms with E-state index in [-0.39, 0.29) is 6.09 Å².